The molecule has 0 aliphatic carbocycles. The second kappa shape index (κ2) is 4.51. The van der Waals surface area contributed by atoms with Crippen molar-refractivity contribution in [1.29, 1.82) is 0 Å². The predicted molar refractivity (Wildman–Crippen MR) is 75.1 cm³/mol. The van der Waals surface area contributed by atoms with Crippen LogP contribution in [0.25, 0.3) is 10.2 Å². The van der Waals surface area contributed by atoms with Crippen molar-refractivity contribution in [3.05, 3.63) is 53.3 Å². The Kier molecular flexibility index (Phi) is 2.83. The summed E-state index contributed by atoms with van der Waals surface area (Å²) >= 11 is 1.04. The molecule has 0 atom stereocenters. The fourth-order valence-corrected chi connectivity index (χ4v) is 2.87. The molecule has 19 heavy (non-hydrogen) atoms. The van der Waals surface area contributed by atoms with Crippen molar-refractivity contribution in [3.8, 4) is 0 Å². The Morgan fingerprint density at radius 3 is 2.68 bits per heavy atom. The molecule has 0 aliphatic heterocycles. The number of para-hydroxylation sites is 1. The van der Waals surface area contributed by atoms with Gasteiger partial charge in [0.1, 0.15) is 5.69 Å². The zero-order chi connectivity index (χ0) is 13.4. The lowest BCUT2D eigenvalue weighted by molar-refractivity contribution is 0.102. The average Bonchev–Trinajstić information content (AvgIpc) is 2.89. The number of rotatable bonds is 2. The molecule has 0 saturated heterocycles. The third kappa shape index (κ3) is 2.13. The van der Waals surface area contributed by atoms with E-state index in [4.69, 9.17) is 0 Å². The molecule has 5 heteroatoms. The van der Waals surface area contributed by atoms with Crippen molar-refractivity contribution >= 4 is 33.1 Å². The molecule has 0 spiro atoms. The van der Waals surface area contributed by atoms with Crippen molar-refractivity contribution < 1.29 is 9.18 Å². The van der Waals surface area contributed by atoms with E-state index in [1.807, 2.05) is 30.3 Å². The zero-order valence-corrected chi connectivity index (χ0v) is 11.0. The molecular weight excluding hydrogens is 263 g/mol. The first-order chi connectivity index (χ1) is 9.15. The van der Waals surface area contributed by atoms with Crippen LogP contribution in [-0.2, 0) is 7.05 Å². The second-order valence-electron chi connectivity index (χ2n) is 4.21. The first kappa shape index (κ1) is 11.9. The summed E-state index contributed by atoms with van der Waals surface area (Å²) in [5.74, 6) is -0.197. The van der Waals surface area contributed by atoms with Gasteiger partial charge in [-0.25, -0.2) is 0 Å². The maximum Gasteiger partial charge on any atom is 0.272 e. The summed E-state index contributed by atoms with van der Waals surface area (Å²) in [5, 5.41) is 2.58. The molecule has 0 unspecified atom stereocenters. The van der Waals surface area contributed by atoms with Gasteiger partial charge in [0.2, 0.25) is 0 Å². The van der Waals surface area contributed by atoms with Crippen molar-refractivity contribution in [2.45, 2.75) is 0 Å². The highest BCUT2D eigenvalue weighted by Crippen LogP contribution is 2.27. The summed E-state index contributed by atoms with van der Waals surface area (Å²) in [7, 11) is 1.76. The molecular formula is C14H11FN2OS. The molecule has 0 fully saturated rings. The number of carbonyl (C=O) groups is 1. The van der Waals surface area contributed by atoms with E-state index in [1.54, 1.807) is 17.7 Å². The molecule has 2 aromatic heterocycles. The summed E-state index contributed by atoms with van der Waals surface area (Å²) < 4.78 is 15.6. The van der Waals surface area contributed by atoms with Gasteiger partial charge in [-0.1, -0.05) is 18.2 Å². The largest absolute Gasteiger partial charge is 0.339 e. The molecule has 3 rings (SSSR count). The van der Waals surface area contributed by atoms with E-state index in [0.717, 1.165) is 27.2 Å². The van der Waals surface area contributed by atoms with Gasteiger partial charge in [0.15, 0.2) is 5.13 Å². The van der Waals surface area contributed by atoms with Crippen LogP contribution in [0.3, 0.4) is 0 Å². The number of fused-ring (bicyclic) bond motifs is 1. The lowest BCUT2D eigenvalue weighted by Gasteiger charge is -2.06. The number of anilines is 1. The number of benzene rings is 1. The molecule has 1 N–H and O–H groups in total. The summed E-state index contributed by atoms with van der Waals surface area (Å²) in [5.41, 5.74) is 1.99. The fraction of sp³-hybridized carbons (Fsp3) is 0.0714. The summed E-state index contributed by atoms with van der Waals surface area (Å²) in [6.07, 6.45) is 0. The van der Waals surface area contributed by atoms with Gasteiger partial charge in [-0.3, -0.25) is 4.79 Å². The Morgan fingerprint density at radius 2 is 2.00 bits per heavy atom. The van der Waals surface area contributed by atoms with Gasteiger partial charge in [0.05, 0.1) is 10.2 Å². The number of halogens is 1. The van der Waals surface area contributed by atoms with Gasteiger partial charge in [-0.2, -0.15) is 4.39 Å². The third-order valence-electron chi connectivity index (χ3n) is 2.96. The molecule has 0 aliphatic rings. The maximum absolute atomic E-state index is 13.1. The Hall–Kier alpha value is -2.14. The van der Waals surface area contributed by atoms with E-state index in [2.05, 4.69) is 5.32 Å². The molecule has 96 valence electrons. The highest BCUT2D eigenvalue weighted by Gasteiger charge is 2.15. The lowest BCUT2D eigenvalue weighted by atomic mass is 10.3. The zero-order valence-electron chi connectivity index (χ0n) is 10.2. The minimum absolute atomic E-state index is 0.197. The van der Waals surface area contributed by atoms with E-state index >= 15 is 0 Å². The van der Waals surface area contributed by atoms with Gasteiger partial charge in [-0.05, 0) is 18.2 Å². The number of amides is 1. The van der Waals surface area contributed by atoms with Crippen LogP contribution < -0.4 is 5.32 Å². The lowest BCUT2D eigenvalue weighted by Crippen LogP contribution is -2.15. The van der Waals surface area contributed by atoms with Crippen molar-refractivity contribution in [2.75, 3.05) is 5.32 Å². The smallest absolute Gasteiger partial charge is 0.272 e. The van der Waals surface area contributed by atoms with Gasteiger partial charge in [0.25, 0.3) is 5.91 Å². The number of nitrogens with zero attached hydrogens (tertiary/aromatic N) is 1. The van der Waals surface area contributed by atoms with Crippen LogP contribution in [0.4, 0.5) is 10.1 Å². The molecule has 1 aromatic carbocycles. The van der Waals surface area contributed by atoms with Crippen molar-refractivity contribution in [1.82, 2.24) is 4.57 Å². The van der Waals surface area contributed by atoms with Crippen molar-refractivity contribution in [2.24, 2.45) is 7.05 Å². The van der Waals surface area contributed by atoms with E-state index in [9.17, 15) is 9.18 Å². The van der Waals surface area contributed by atoms with Crippen LogP contribution in [0.1, 0.15) is 10.5 Å². The monoisotopic (exact) mass is 274 g/mol. The molecule has 0 radical (unpaired) electrons. The van der Waals surface area contributed by atoms with E-state index in [-0.39, 0.29) is 11.0 Å². The van der Waals surface area contributed by atoms with Crippen LogP contribution >= 0.6 is 11.3 Å². The molecule has 3 aromatic rings. The Labute approximate surface area is 113 Å². The highest BCUT2D eigenvalue weighted by molar-refractivity contribution is 7.17. The van der Waals surface area contributed by atoms with Gasteiger partial charge in [0, 0.05) is 18.8 Å². The van der Waals surface area contributed by atoms with Crippen molar-refractivity contribution in [3.63, 3.8) is 0 Å². The number of nitrogens with one attached hydrogen (secondary N) is 1. The van der Waals surface area contributed by atoms with E-state index < -0.39 is 0 Å². The Balaban J connectivity index is 1.93. The second-order valence-corrected chi connectivity index (χ2v) is 5.24. The summed E-state index contributed by atoms with van der Waals surface area (Å²) in [4.78, 5) is 12.2. The van der Waals surface area contributed by atoms with Crippen LogP contribution in [0.2, 0.25) is 0 Å². The number of thiophene rings is 1. The maximum atomic E-state index is 13.1. The normalized spacial score (nSPS) is 10.8. The first-order valence-corrected chi connectivity index (χ1v) is 6.58. The number of hydrogen-bond acceptors (Lipinski definition) is 2. The fourth-order valence-electron chi connectivity index (χ4n) is 2.02. The highest BCUT2D eigenvalue weighted by atomic mass is 32.1. The first-order valence-electron chi connectivity index (χ1n) is 5.76. The van der Waals surface area contributed by atoms with Gasteiger partial charge in [-0.15, -0.1) is 11.3 Å². The number of aromatic nitrogens is 1. The van der Waals surface area contributed by atoms with Gasteiger partial charge < -0.3 is 9.88 Å². The van der Waals surface area contributed by atoms with Gasteiger partial charge >= 0.3 is 0 Å². The molecule has 2 heterocycles. The summed E-state index contributed by atoms with van der Waals surface area (Å²) in [6.45, 7) is 0. The number of aryl methyl sites for hydroxylation is 1. The standard InChI is InChI=1S/C14H11FN2OS/c1-17-10-8-13(15)19-12(10)7-11(17)14(18)16-9-5-3-2-4-6-9/h2-8H,1H3,(H,16,18). The molecule has 0 bridgehead atoms. The van der Waals surface area contributed by atoms with Crippen LogP contribution in [0, 0.1) is 5.13 Å². The summed E-state index contributed by atoms with van der Waals surface area (Å²) in [6, 6.07) is 12.4. The Bertz CT molecular complexity index is 745. The number of hydrogen-bond donors (Lipinski definition) is 1. The molecule has 3 nitrogen and oxygen atoms in total. The van der Waals surface area contributed by atoms with Crippen LogP contribution in [-0.4, -0.2) is 10.5 Å². The quantitative estimate of drug-likeness (QED) is 0.760. The van der Waals surface area contributed by atoms with E-state index in [1.165, 1.54) is 6.07 Å². The third-order valence-corrected chi connectivity index (χ3v) is 3.82. The van der Waals surface area contributed by atoms with Crippen LogP contribution in [0.15, 0.2) is 42.5 Å². The number of carbonyl (C=O) groups excluding carboxylic acids is 1. The Morgan fingerprint density at radius 1 is 1.26 bits per heavy atom. The van der Waals surface area contributed by atoms with E-state index in [0.29, 0.717) is 5.69 Å². The van der Waals surface area contributed by atoms with Crippen LogP contribution in [0.5, 0.6) is 0 Å². The SMILES string of the molecule is Cn1c(C(=O)Nc2ccccc2)cc2sc(F)cc21. The molecule has 0 saturated carbocycles. The minimum Gasteiger partial charge on any atom is -0.339 e. The average molecular weight is 274 g/mol. The predicted octanol–water partition coefficient (Wildman–Crippen LogP) is 3.63. The molecule has 1 amide bonds. The topological polar surface area (TPSA) is 34.0 Å². The minimum atomic E-state index is -0.240.